The van der Waals surface area contributed by atoms with Gasteiger partial charge in [0.25, 0.3) is 5.91 Å². The number of carbonyl (C=O) groups is 1. The number of amides is 1. The smallest absolute Gasteiger partial charge is 0.258 e. The van der Waals surface area contributed by atoms with Crippen LogP contribution in [0.4, 0.5) is 0 Å². The van der Waals surface area contributed by atoms with E-state index in [1.807, 2.05) is 37.3 Å². The summed E-state index contributed by atoms with van der Waals surface area (Å²) in [4.78, 5) is 15.9. The molecule has 7 heteroatoms. The van der Waals surface area contributed by atoms with Crippen molar-refractivity contribution in [3.05, 3.63) is 76.8 Å². The van der Waals surface area contributed by atoms with Gasteiger partial charge < -0.3 is 10.1 Å². The maximum atomic E-state index is 11.9. The Kier molecular flexibility index (Phi) is 5.86. The van der Waals surface area contributed by atoms with Crippen molar-refractivity contribution in [3.8, 4) is 5.75 Å². The Morgan fingerprint density at radius 2 is 1.96 bits per heavy atom. The average molecular weight is 371 g/mol. The van der Waals surface area contributed by atoms with Crippen LogP contribution in [0.25, 0.3) is 0 Å². The number of halogens is 1. The Labute approximate surface area is 156 Å². The molecular weight excluding hydrogens is 352 g/mol. The van der Waals surface area contributed by atoms with Gasteiger partial charge in [0.05, 0.1) is 6.54 Å². The van der Waals surface area contributed by atoms with Crippen molar-refractivity contribution in [2.75, 3.05) is 6.61 Å². The zero-order valence-electron chi connectivity index (χ0n) is 14.4. The van der Waals surface area contributed by atoms with Crippen LogP contribution in [0, 0.1) is 6.92 Å². The molecule has 0 saturated heterocycles. The van der Waals surface area contributed by atoms with E-state index in [0.717, 1.165) is 16.7 Å². The van der Waals surface area contributed by atoms with E-state index in [0.29, 0.717) is 23.9 Å². The minimum atomic E-state index is -0.177. The fraction of sp³-hybridized carbons (Fsp3) is 0.211. The second-order valence-electron chi connectivity index (χ2n) is 5.89. The molecule has 0 aliphatic carbocycles. The van der Waals surface area contributed by atoms with Gasteiger partial charge in [0.2, 0.25) is 0 Å². The number of hydrogen-bond acceptors (Lipinski definition) is 4. The number of carbonyl (C=O) groups excluding carboxylic acids is 1. The monoisotopic (exact) mass is 370 g/mol. The largest absolute Gasteiger partial charge is 0.484 e. The van der Waals surface area contributed by atoms with E-state index in [1.54, 1.807) is 23.1 Å². The molecule has 6 nitrogen and oxygen atoms in total. The van der Waals surface area contributed by atoms with Gasteiger partial charge >= 0.3 is 0 Å². The Morgan fingerprint density at radius 1 is 1.19 bits per heavy atom. The Bertz CT molecular complexity index is 864. The van der Waals surface area contributed by atoms with Gasteiger partial charge in [0.1, 0.15) is 18.4 Å². The molecule has 1 aromatic heterocycles. The average Bonchev–Trinajstić information content (AvgIpc) is 3.15. The molecule has 0 spiro atoms. The van der Waals surface area contributed by atoms with Gasteiger partial charge in [-0.2, -0.15) is 5.10 Å². The predicted molar refractivity (Wildman–Crippen MR) is 99.1 cm³/mol. The molecule has 0 unspecified atom stereocenters. The van der Waals surface area contributed by atoms with Gasteiger partial charge in [-0.25, -0.2) is 9.67 Å². The second kappa shape index (κ2) is 8.49. The van der Waals surface area contributed by atoms with Crippen LogP contribution in [0.1, 0.15) is 16.7 Å². The minimum Gasteiger partial charge on any atom is -0.484 e. The number of nitrogens with one attached hydrogen (secondary N) is 1. The van der Waals surface area contributed by atoms with Gasteiger partial charge in [0.15, 0.2) is 6.61 Å². The molecule has 0 bridgehead atoms. The van der Waals surface area contributed by atoms with Crippen molar-refractivity contribution in [1.82, 2.24) is 20.1 Å². The highest BCUT2D eigenvalue weighted by atomic mass is 35.5. The van der Waals surface area contributed by atoms with Crippen molar-refractivity contribution >= 4 is 17.5 Å². The van der Waals surface area contributed by atoms with E-state index < -0.39 is 0 Å². The van der Waals surface area contributed by atoms with Crippen molar-refractivity contribution in [1.29, 1.82) is 0 Å². The molecule has 1 heterocycles. The zero-order chi connectivity index (χ0) is 18.4. The number of rotatable bonds is 7. The number of hydrogen-bond donors (Lipinski definition) is 1. The molecule has 0 saturated carbocycles. The SMILES string of the molecule is Cc1cc(OCC(=O)NCc2ccc(Cn3cncn3)cc2)ccc1Cl. The molecule has 2 aromatic carbocycles. The summed E-state index contributed by atoms with van der Waals surface area (Å²) in [6.45, 7) is 2.97. The van der Waals surface area contributed by atoms with Gasteiger partial charge in [-0.3, -0.25) is 4.79 Å². The lowest BCUT2D eigenvalue weighted by molar-refractivity contribution is -0.123. The summed E-state index contributed by atoms with van der Waals surface area (Å²) in [5, 5.41) is 7.59. The molecule has 3 rings (SSSR count). The molecule has 0 fully saturated rings. The van der Waals surface area contributed by atoms with E-state index in [-0.39, 0.29) is 12.5 Å². The first-order valence-corrected chi connectivity index (χ1v) is 8.54. The number of benzene rings is 2. The Balaban J connectivity index is 1.44. The maximum Gasteiger partial charge on any atom is 0.258 e. The first kappa shape index (κ1) is 17.9. The lowest BCUT2D eigenvalue weighted by Gasteiger charge is -2.09. The summed E-state index contributed by atoms with van der Waals surface area (Å²) >= 11 is 5.97. The van der Waals surface area contributed by atoms with Crippen LogP contribution in [0.15, 0.2) is 55.1 Å². The Morgan fingerprint density at radius 3 is 2.65 bits per heavy atom. The topological polar surface area (TPSA) is 69.0 Å². The molecule has 1 amide bonds. The molecule has 134 valence electrons. The fourth-order valence-corrected chi connectivity index (χ4v) is 2.49. The standard InChI is InChI=1S/C19H19ClN4O2/c1-14-8-17(6-7-18(14)20)26-11-19(25)22-9-15-2-4-16(5-3-15)10-24-13-21-12-23-24/h2-8,12-13H,9-11H2,1H3,(H,22,25). The van der Waals surface area contributed by atoms with Gasteiger partial charge in [-0.05, 0) is 41.8 Å². The summed E-state index contributed by atoms with van der Waals surface area (Å²) in [6, 6.07) is 13.3. The van der Waals surface area contributed by atoms with Crippen LogP contribution >= 0.6 is 11.6 Å². The van der Waals surface area contributed by atoms with Gasteiger partial charge in [0, 0.05) is 11.6 Å². The minimum absolute atomic E-state index is 0.0363. The molecule has 26 heavy (non-hydrogen) atoms. The van der Waals surface area contributed by atoms with E-state index in [9.17, 15) is 4.79 Å². The van der Waals surface area contributed by atoms with Crippen molar-refractivity contribution in [2.45, 2.75) is 20.0 Å². The molecular formula is C19H19ClN4O2. The van der Waals surface area contributed by atoms with E-state index in [2.05, 4.69) is 15.4 Å². The van der Waals surface area contributed by atoms with Crippen molar-refractivity contribution in [2.24, 2.45) is 0 Å². The van der Waals surface area contributed by atoms with Crippen LogP contribution in [0.5, 0.6) is 5.75 Å². The summed E-state index contributed by atoms with van der Waals surface area (Å²) in [5.74, 6) is 0.448. The summed E-state index contributed by atoms with van der Waals surface area (Å²) in [6.07, 6.45) is 3.19. The third-order valence-electron chi connectivity index (χ3n) is 3.82. The number of aryl methyl sites for hydroxylation is 1. The molecule has 1 N–H and O–H groups in total. The third kappa shape index (κ3) is 5.07. The highest BCUT2D eigenvalue weighted by Gasteiger charge is 2.05. The van der Waals surface area contributed by atoms with Crippen LogP contribution in [-0.4, -0.2) is 27.3 Å². The first-order valence-electron chi connectivity index (χ1n) is 8.16. The quantitative estimate of drug-likeness (QED) is 0.694. The molecule has 0 radical (unpaired) electrons. The Hall–Kier alpha value is -2.86. The summed E-state index contributed by atoms with van der Waals surface area (Å²) in [5.41, 5.74) is 3.05. The van der Waals surface area contributed by atoms with Crippen LogP contribution < -0.4 is 10.1 Å². The van der Waals surface area contributed by atoms with Gasteiger partial charge in [-0.15, -0.1) is 0 Å². The molecule has 0 aliphatic rings. The van der Waals surface area contributed by atoms with Crippen LogP contribution in [0.3, 0.4) is 0 Å². The second-order valence-corrected chi connectivity index (χ2v) is 6.29. The van der Waals surface area contributed by atoms with E-state index in [4.69, 9.17) is 16.3 Å². The highest BCUT2D eigenvalue weighted by molar-refractivity contribution is 6.31. The number of ether oxygens (including phenoxy) is 1. The predicted octanol–water partition coefficient (Wildman–Crippen LogP) is 2.98. The zero-order valence-corrected chi connectivity index (χ0v) is 15.1. The third-order valence-corrected chi connectivity index (χ3v) is 4.25. The summed E-state index contributed by atoms with van der Waals surface area (Å²) in [7, 11) is 0. The fourth-order valence-electron chi connectivity index (χ4n) is 2.37. The number of aromatic nitrogens is 3. The van der Waals surface area contributed by atoms with Crippen LogP contribution in [0.2, 0.25) is 5.02 Å². The normalized spacial score (nSPS) is 10.5. The van der Waals surface area contributed by atoms with E-state index in [1.165, 1.54) is 6.33 Å². The van der Waals surface area contributed by atoms with Crippen molar-refractivity contribution < 1.29 is 9.53 Å². The molecule has 0 atom stereocenters. The molecule has 3 aromatic rings. The first-order chi connectivity index (χ1) is 12.6. The number of nitrogens with zero attached hydrogens (tertiary/aromatic N) is 3. The van der Waals surface area contributed by atoms with Crippen molar-refractivity contribution in [3.63, 3.8) is 0 Å². The maximum absolute atomic E-state index is 11.9. The lowest BCUT2D eigenvalue weighted by atomic mass is 10.1. The highest BCUT2D eigenvalue weighted by Crippen LogP contribution is 2.20. The summed E-state index contributed by atoms with van der Waals surface area (Å²) < 4.78 is 7.24. The van der Waals surface area contributed by atoms with Crippen LogP contribution in [-0.2, 0) is 17.9 Å². The lowest BCUT2D eigenvalue weighted by Crippen LogP contribution is -2.28. The van der Waals surface area contributed by atoms with E-state index >= 15 is 0 Å². The van der Waals surface area contributed by atoms with Gasteiger partial charge in [-0.1, -0.05) is 35.9 Å². The molecule has 0 aliphatic heterocycles.